The molecule has 0 amide bonds. The molecular weight excluding hydrogens is 192 g/mol. The monoisotopic (exact) mass is 210 g/mol. The fourth-order valence-electron chi connectivity index (χ4n) is 10.8. The minimum Gasteiger partial charge on any atom is -0.0496 e. The van der Waals surface area contributed by atoms with Crippen molar-refractivity contribution in [3.8, 4) is 0 Å². The van der Waals surface area contributed by atoms with Crippen LogP contribution in [0.1, 0.15) is 25.7 Å². The van der Waals surface area contributed by atoms with Crippen molar-refractivity contribution in [2.24, 2.45) is 70.0 Å². The Bertz CT molecular complexity index is 455. The average Bonchev–Trinajstić information content (AvgIpc) is 2.27. The number of fused-ring (bicyclic) bond motifs is 7. The lowest BCUT2D eigenvalue weighted by Gasteiger charge is -3.08. The lowest BCUT2D eigenvalue weighted by molar-refractivity contribution is -0.613. The predicted molar refractivity (Wildman–Crippen MR) is 58.2 cm³/mol. The van der Waals surface area contributed by atoms with Gasteiger partial charge in [0.25, 0.3) is 0 Å². The van der Waals surface area contributed by atoms with E-state index in [-0.39, 0.29) is 0 Å². The fourth-order valence-corrected chi connectivity index (χ4v) is 10.8. The van der Waals surface area contributed by atoms with Gasteiger partial charge in [-0.15, -0.1) is 0 Å². The quantitative estimate of drug-likeness (QED) is 0.577. The average molecular weight is 210 g/mol. The third-order valence-corrected chi connectivity index (χ3v) is 10.3. The van der Waals surface area contributed by atoms with E-state index in [4.69, 9.17) is 0 Å². The molecule has 0 saturated heterocycles. The molecule has 8 rings (SSSR count). The van der Waals surface area contributed by atoms with Gasteiger partial charge in [-0.2, -0.15) is 0 Å². The van der Waals surface area contributed by atoms with E-state index in [0.717, 1.165) is 10.8 Å². The van der Waals surface area contributed by atoms with Crippen LogP contribution in [0.2, 0.25) is 0 Å². The second-order valence-electron chi connectivity index (χ2n) is 8.88. The maximum absolute atomic E-state index is 1.70. The largest absolute Gasteiger partial charge is 0.0496 e. The lowest BCUT2D eigenvalue weighted by Crippen LogP contribution is -3.04. The van der Waals surface area contributed by atoms with E-state index in [1.807, 2.05) is 0 Å². The van der Waals surface area contributed by atoms with Crippen molar-refractivity contribution < 1.29 is 0 Å². The Morgan fingerprint density at radius 1 is 0.688 bits per heavy atom. The minimum absolute atomic E-state index is 1.07. The van der Waals surface area contributed by atoms with Crippen LogP contribution in [0.15, 0.2) is 0 Å². The van der Waals surface area contributed by atoms with Crippen LogP contribution in [0.3, 0.4) is 0 Å². The Morgan fingerprint density at radius 3 is 1.81 bits per heavy atom. The molecular formula is C16H18. The fraction of sp³-hybridized carbons (Fsp3) is 1.00. The molecule has 0 N–H and O–H groups in total. The maximum Gasteiger partial charge on any atom is -0.0131 e. The number of hydrogen-bond acceptors (Lipinski definition) is 0. The van der Waals surface area contributed by atoms with Gasteiger partial charge in [-0.05, 0) is 95.7 Å². The highest BCUT2D eigenvalue weighted by atomic mass is 15.1. The van der Waals surface area contributed by atoms with E-state index in [9.17, 15) is 0 Å². The summed E-state index contributed by atoms with van der Waals surface area (Å²) < 4.78 is 0. The summed E-state index contributed by atoms with van der Waals surface area (Å²) in [4.78, 5) is 0. The molecule has 0 heterocycles. The molecule has 0 aromatic heterocycles. The van der Waals surface area contributed by atoms with Crippen molar-refractivity contribution in [1.29, 1.82) is 0 Å². The molecule has 0 aromatic rings. The molecule has 0 heteroatoms. The van der Waals surface area contributed by atoms with Gasteiger partial charge in [-0.3, -0.25) is 0 Å². The van der Waals surface area contributed by atoms with E-state index in [0.29, 0.717) is 0 Å². The third-order valence-electron chi connectivity index (χ3n) is 10.3. The summed E-state index contributed by atoms with van der Waals surface area (Å²) in [6, 6.07) is 0. The molecule has 0 bridgehead atoms. The van der Waals surface area contributed by atoms with Gasteiger partial charge in [0, 0.05) is 0 Å². The molecule has 0 nitrogen and oxygen atoms in total. The van der Waals surface area contributed by atoms with Crippen LogP contribution in [-0.2, 0) is 0 Å². The first-order valence-electron chi connectivity index (χ1n) is 7.93. The summed E-state index contributed by atoms with van der Waals surface area (Å²) in [5.41, 5.74) is 2.15. The van der Waals surface area contributed by atoms with Crippen LogP contribution in [-0.4, -0.2) is 0 Å². The van der Waals surface area contributed by atoms with Gasteiger partial charge in [0.05, 0.1) is 0 Å². The first kappa shape index (κ1) is 6.81. The molecule has 8 aliphatic rings. The van der Waals surface area contributed by atoms with Crippen LogP contribution < -0.4 is 0 Å². The SMILES string of the molecule is C1CC2C1C1C3C2C2C4CC5CC6C1C32C564. The maximum atomic E-state index is 1.70. The first-order valence-corrected chi connectivity index (χ1v) is 7.93. The molecule has 8 aliphatic carbocycles. The van der Waals surface area contributed by atoms with Gasteiger partial charge in [-0.25, -0.2) is 0 Å². The molecule has 8 saturated carbocycles. The molecule has 8 atom stereocenters. The second kappa shape index (κ2) is 1.39. The molecule has 16 heavy (non-hydrogen) atoms. The van der Waals surface area contributed by atoms with Gasteiger partial charge in [0.2, 0.25) is 0 Å². The second-order valence-corrected chi connectivity index (χ2v) is 8.88. The Balaban J connectivity index is 1.45. The van der Waals surface area contributed by atoms with Crippen LogP contribution in [0.25, 0.3) is 0 Å². The van der Waals surface area contributed by atoms with Gasteiger partial charge in [0.15, 0.2) is 0 Å². The smallest absolute Gasteiger partial charge is 0.0131 e. The minimum atomic E-state index is 1.07. The zero-order valence-electron chi connectivity index (χ0n) is 9.60. The Hall–Kier alpha value is 0. The summed E-state index contributed by atoms with van der Waals surface area (Å²) in [6.45, 7) is 0. The summed E-state index contributed by atoms with van der Waals surface area (Å²) in [7, 11) is 0. The van der Waals surface area contributed by atoms with Gasteiger partial charge < -0.3 is 0 Å². The Labute approximate surface area is 96.2 Å². The summed E-state index contributed by atoms with van der Waals surface area (Å²) >= 11 is 0. The van der Waals surface area contributed by atoms with Gasteiger partial charge >= 0.3 is 0 Å². The van der Waals surface area contributed by atoms with Crippen LogP contribution in [0.4, 0.5) is 0 Å². The van der Waals surface area contributed by atoms with Crippen molar-refractivity contribution >= 4 is 0 Å². The molecule has 82 valence electrons. The lowest BCUT2D eigenvalue weighted by atomic mass is 8.96. The first-order chi connectivity index (χ1) is 7.93. The van der Waals surface area contributed by atoms with Crippen molar-refractivity contribution in [2.75, 3.05) is 0 Å². The normalized spacial score (nSPS) is 97.5. The van der Waals surface area contributed by atoms with E-state index in [2.05, 4.69) is 0 Å². The molecule has 0 aromatic carbocycles. The highest BCUT2D eigenvalue weighted by Gasteiger charge is 3.07. The summed E-state index contributed by atoms with van der Waals surface area (Å²) in [5.74, 6) is 13.0. The zero-order valence-corrected chi connectivity index (χ0v) is 9.60. The Kier molecular flexibility index (Phi) is 0.591. The summed E-state index contributed by atoms with van der Waals surface area (Å²) in [6.07, 6.45) is 6.69. The van der Waals surface area contributed by atoms with Gasteiger partial charge in [-0.1, -0.05) is 0 Å². The van der Waals surface area contributed by atoms with Crippen molar-refractivity contribution in [1.82, 2.24) is 0 Å². The predicted octanol–water partition coefficient (Wildman–Crippen LogP) is 2.79. The summed E-state index contributed by atoms with van der Waals surface area (Å²) in [5, 5.41) is 0. The van der Waals surface area contributed by atoms with Crippen LogP contribution >= 0.6 is 0 Å². The van der Waals surface area contributed by atoms with Crippen LogP contribution in [0.5, 0.6) is 0 Å². The highest BCUT2D eigenvalue weighted by Crippen LogP contribution is 3.11. The van der Waals surface area contributed by atoms with Gasteiger partial charge in [0.1, 0.15) is 0 Å². The number of hydrogen-bond donors (Lipinski definition) is 0. The molecule has 8 unspecified atom stereocenters. The van der Waals surface area contributed by atoms with E-state index in [1.165, 1.54) is 59.2 Å². The highest BCUT2D eigenvalue weighted by molar-refractivity contribution is 5.54. The zero-order chi connectivity index (χ0) is 9.60. The van der Waals surface area contributed by atoms with Crippen molar-refractivity contribution in [3.63, 3.8) is 0 Å². The molecule has 8 fully saturated rings. The van der Waals surface area contributed by atoms with Crippen molar-refractivity contribution in [3.05, 3.63) is 0 Å². The molecule has 0 aliphatic heterocycles. The van der Waals surface area contributed by atoms with E-state index < -0.39 is 0 Å². The third kappa shape index (κ3) is 0.268. The Morgan fingerprint density at radius 2 is 1.31 bits per heavy atom. The van der Waals surface area contributed by atoms with Crippen LogP contribution in [0, 0.1) is 70.0 Å². The molecule has 0 radical (unpaired) electrons. The van der Waals surface area contributed by atoms with E-state index in [1.54, 1.807) is 25.7 Å². The molecule has 2 spiro atoms. The topological polar surface area (TPSA) is 0 Å². The van der Waals surface area contributed by atoms with Crippen molar-refractivity contribution in [2.45, 2.75) is 25.7 Å². The standard InChI is InChI=1S/C16H18/c1-2-7-6(1)10-12-8-3-5-4-9-13-11(7)14(10)16(12,13)15(5,8)9/h5-14H,1-4H2. The number of rotatable bonds is 0. The van der Waals surface area contributed by atoms with E-state index >= 15 is 0 Å².